The SMILES string of the molecule is Cc1ccc(C)c(COc2ccc(CN)c(Cl)c2)c1. The summed E-state index contributed by atoms with van der Waals surface area (Å²) in [7, 11) is 0. The van der Waals surface area contributed by atoms with Gasteiger partial charge in [0.05, 0.1) is 0 Å². The van der Waals surface area contributed by atoms with Crippen LogP contribution in [0.25, 0.3) is 0 Å². The molecule has 0 aliphatic heterocycles. The first-order valence-electron chi connectivity index (χ1n) is 6.27. The fourth-order valence-electron chi connectivity index (χ4n) is 1.90. The molecule has 0 radical (unpaired) electrons. The first-order chi connectivity index (χ1) is 9.10. The van der Waals surface area contributed by atoms with Crippen LogP contribution in [0.1, 0.15) is 22.3 Å². The number of hydrogen-bond acceptors (Lipinski definition) is 2. The lowest BCUT2D eigenvalue weighted by atomic mass is 10.1. The molecule has 0 saturated heterocycles. The monoisotopic (exact) mass is 275 g/mol. The third kappa shape index (κ3) is 3.49. The van der Waals surface area contributed by atoms with Crippen LogP contribution in [0.4, 0.5) is 0 Å². The van der Waals surface area contributed by atoms with E-state index in [1.54, 1.807) is 0 Å². The zero-order valence-corrected chi connectivity index (χ0v) is 12.0. The molecule has 2 aromatic carbocycles. The van der Waals surface area contributed by atoms with Crippen molar-refractivity contribution >= 4 is 11.6 Å². The Bertz CT molecular complexity index is 581. The topological polar surface area (TPSA) is 35.2 Å². The molecule has 0 aliphatic rings. The molecule has 3 heteroatoms. The van der Waals surface area contributed by atoms with Gasteiger partial charge in [-0.15, -0.1) is 0 Å². The molecule has 0 unspecified atom stereocenters. The van der Waals surface area contributed by atoms with Gasteiger partial charge >= 0.3 is 0 Å². The lowest BCUT2D eigenvalue weighted by Gasteiger charge is -2.11. The molecule has 0 bridgehead atoms. The first kappa shape index (κ1) is 13.9. The molecule has 2 nitrogen and oxygen atoms in total. The molecule has 0 amide bonds. The molecule has 2 aromatic rings. The summed E-state index contributed by atoms with van der Waals surface area (Å²) in [6, 6.07) is 12.0. The maximum Gasteiger partial charge on any atom is 0.121 e. The van der Waals surface area contributed by atoms with Crippen LogP contribution >= 0.6 is 11.6 Å². The lowest BCUT2D eigenvalue weighted by molar-refractivity contribution is 0.305. The van der Waals surface area contributed by atoms with Crippen molar-refractivity contribution in [1.82, 2.24) is 0 Å². The molecule has 100 valence electrons. The van der Waals surface area contributed by atoms with Gasteiger partial charge in [0.25, 0.3) is 0 Å². The second kappa shape index (κ2) is 6.09. The van der Waals surface area contributed by atoms with Crippen LogP contribution in [0, 0.1) is 13.8 Å². The molecule has 2 rings (SSSR count). The molecule has 2 N–H and O–H groups in total. The van der Waals surface area contributed by atoms with Crippen molar-refractivity contribution in [3.05, 3.63) is 63.7 Å². The van der Waals surface area contributed by atoms with Crippen LogP contribution in [-0.2, 0) is 13.2 Å². The summed E-state index contributed by atoms with van der Waals surface area (Å²) in [5.74, 6) is 0.767. The minimum atomic E-state index is 0.441. The number of benzene rings is 2. The Morgan fingerprint density at radius 3 is 2.53 bits per heavy atom. The van der Waals surface area contributed by atoms with Gasteiger partial charge in [-0.05, 0) is 42.7 Å². The number of rotatable bonds is 4. The van der Waals surface area contributed by atoms with E-state index in [1.807, 2.05) is 18.2 Å². The number of hydrogen-bond donors (Lipinski definition) is 1. The van der Waals surface area contributed by atoms with Gasteiger partial charge in [0.2, 0.25) is 0 Å². The molecular weight excluding hydrogens is 258 g/mol. The Kier molecular flexibility index (Phi) is 4.46. The molecular formula is C16H18ClNO. The van der Waals surface area contributed by atoms with Crippen LogP contribution in [0.3, 0.4) is 0 Å². The average Bonchev–Trinajstić information content (AvgIpc) is 2.40. The second-order valence-corrected chi connectivity index (χ2v) is 5.08. The fraction of sp³-hybridized carbons (Fsp3) is 0.250. The number of halogens is 1. The van der Waals surface area contributed by atoms with Gasteiger partial charge in [0, 0.05) is 11.6 Å². The van der Waals surface area contributed by atoms with Gasteiger partial charge in [0.15, 0.2) is 0 Å². The molecule has 0 saturated carbocycles. The maximum atomic E-state index is 6.11. The van der Waals surface area contributed by atoms with Crippen LogP contribution < -0.4 is 10.5 Å². The quantitative estimate of drug-likeness (QED) is 0.915. The number of nitrogens with two attached hydrogens (primary N) is 1. The predicted octanol–water partition coefficient (Wildman–Crippen LogP) is 3.99. The molecule has 0 fully saturated rings. The lowest BCUT2D eigenvalue weighted by Crippen LogP contribution is -2.00. The molecule has 0 aliphatic carbocycles. The maximum absolute atomic E-state index is 6.11. The van der Waals surface area contributed by atoms with Crippen LogP contribution in [0.2, 0.25) is 5.02 Å². The van der Waals surface area contributed by atoms with Crippen molar-refractivity contribution in [2.45, 2.75) is 27.0 Å². The van der Waals surface area contributed by atoms with E-state index in [0.717, 1.165) is 11.3 Å². The molecule has 0 spiro atoms. The minimum Gasteiger partial charge on any atom is -0.489 e. The standard InChI is InChI=1S/C16H18ClNO/c1-11-3-4-12(2)14(7-11)10-19-15-6-5-13(9-18)16(17)8-15/h3-8H,9-10,18H2,1-2H3. The Balaban J connectivity index is 2.10. The smallest absolute Gasteiger partial charge is 0.121 e. The molecule has 19 heavy (non-hydrogen) atoms. The summed E-state index contributed by atoms with van der Waals surface area (Å²) in [6.45, 7) is 5.15. The van der Waals surface area contributed by atoms with Crippen molar-refractivity contribution < 1.29 is 4.74 Å². The average molecular weight is 276 g/mol. The van der Waals surface area contributed by atoms with Crippen molar-refractivity contribution in [3.8, 4) is 5.75 Å². The fourth-order valence-corrected chi connectivity index (χ4v) is 2.15. The first-order valence-corrected chi connectivity index (χ1v) is 6.65. The van der Waals surface area contributed by atoms with E-state index in [2.05, 4.69) is 32.0 Å². The Labute approximate surface area is 119 Å². The van der Waals surface area contributed by atoms with Gasteiger partial charge in [-0.3, -0.25) is 0 Å². The second-order valence-electron chi connectivity index (χ2n) is 4.68. The van der Waals surface area contributed by atoms with Gasteiger partial charge in [-0.2, -0.15) is 0 Å². The van der Waals surface area contributed by atoms with Crippen LogP contribution in [0.5, 0.6) is 5.75 Å². The van der Waals surface area contributed by atoms with Crippen molar-refractivity contribution in [3.63, 3.8) is 0 Å². The third-order valence-electron chi connectivity index (χ3n) is 3.14. The minimum absolute atomic E-state index is 0.441. The van der Waals surface area contributed by atoms with Gasteiger partial charge < -0.3 is 10.5 Å². The highest BCUT2D eigenvalue weighted by Gasteiger charge is 2.03. The Hall–Kier alpha value is -1.51. The van der Waals surface area contributed by atoms with Crippen LogP contribution in [-0.4, -0.2) is 0 Å². The summed E-state index contributed by atoms with van der Waals surface area (Å²) in [4.78, 5) is 0. The summed E-state index contributed by atoms with van der Waals surface area (Å²) in [6.07, 6.45) is 0. The van der Waals surface area contributed by atoms with Gasteiger partial charge in [-0.25, -0.2) is 0 Å². The van der Waals surface area contributed by atoms with E-state index in [9.17, 15) is 0 Å². The summed E-state index contributed by atoms with van der Waals surface area (Å²) >= 11 is 6.11. The molecule has 0 atom stereocenters. The van der Waals surface area contributed by atoms with Crippen molar-refractivity contribution in [2.75, 3.05) is 0 Å². The summed E-state index contributed by atoms with van der Waals surface area (Å²) in [5, 5.41) is 0.654. The van der Waals surface area contributed by atoms with Gasteiger partial charge in [-0.1, -0.05) is 41.4 Å². The van der Waals surface area contributed by atoms with Crippen molar-refractivity contribution in [1.29, 1.82) is 0 Å². The molecule has 0 aromatic heterocycles. The van der Waals surface area contributed by atoms with Crippen LogP contribution in [0.15, 0.2) is 36.4 Å². The van der Waals surface area contributed by atoms with E-state index >= 15 is 0 Å². The van der Waals surface area contributed by atoms with E-state index in [-0.39, 0.29) is 0 Å². The largest absolute Gasteiger partial charge is 0.489 e. The zero-order chi connectivity index (χ0) is 13.8. The Morgan fingerprint density at radius 2 is 1.84 bits per heavy atom. The highest BCUT2D eigenvalue weighted by Crippen LogP contribution is 2.23. The third-order valence-corrected chi connectivity index (χ3v) is 3.50. The van der Waals surface area contributed by atoms with Crippen molar-refractivity contribution in [2.24, 2.45) is 5.73 Å². The highest BCUT2D eigenvalue weighted by molar-refractivity contribution is 6.31. The predicted molar refractivity (Wildman–Crippen MR) is 79.6 cm³/mol. The van der Waals surface area contributed by atoms with Gasteiger partial charge in [0.1, 0.15) is 12.4 Å². The van der Waals surface area contributed by atoms with E-state index in [0.29, 0.717) is 18.2 Å². The number of aryl methyl sites for hydroxylation is 2. The Morgan fingerprint density at radius 1 is 1.05 bits per heavy atom. The zero-order valence-electron chi connectivity index (χ0n) is 11.2. The van der Waals surface area contributed by atoms with E-state index < -0.39 is 0 Å². The summed E-state index contributed by atoms with van der Waals surface area (Å²) in [5.41, 5.74) is 10.2. The molecule has 0 heterocycles. The normalized spacial score (nSPS) is 10.5. The summed E-state index contributed by atoms with van der Waals surface area (Å²) < 4.78 is 5.78. The van der Waals surface area contributed by atoms with E-state index in [4.69, 9.17) is 22.1 Å². The highest BCUT2D eigenvalue weighted by atomic mass is 35.5. The number of ether oxygens (including phenoxy) is 1. The van der Waals surface area contributed by atoms with E-state index in [1.165, 1.54) is 16.7 Å².